The van der Waals surface area contributed by atoms with E-state index in [0.717, 1.165) is 41.3 Å². The fourth-order valence-electron chi connectivity index (χ4n) is 3.83. The van der Waals surface area contributed by atoms with Crippen LogP contribution in [0, 0.1) is 0 Å². The van der Waals surface area contributed by atoms with Gasteiger partial charge in [-0.15, -0.1) is 0 Å². The number of aliphatic hydroxyl groups is 1. The number of aromatic nitrogens is 6. The van der Waals surface area contributed by atoms with Gasteiger partial charge in [-0.05, 0) is 23.3 Å². The molecule has 1 aliphatic heterocycles. The van der Waals surface area contributed by atoms with Gasteiger partial charge in [-0.2, -0.15) is 20.2 Å². The Kier molecular flexibility index (Phi) is 6.50. The average molecular weight is 462 g/mol. The molecule has 4 heterocycles. The number of benzene rings is 1. The van der Waals surface area contributed by atoms with Gasteiger partial charge < -0.3 is 19.5 Å². The van der Waals surface area contributed by atoms with Gasteiger partial charge in [-0.1, -0.05) is 18.2 Å². The molecule has 1 N–H and O–H groups in total. The largest absolute Gasteiger partial charge is 0.463 e. The lowest BCUT2D eigenvalue weighted by molar-refractivity contribution is 0.122. The Morgan fingerprint density at radius 2 is 1.91 bits per heavy atom. The van der Waals surface area contributed by atoms with Crippen LogP contribution in [0.4, 0.5) is 5.82 Å². The molecule has 0 saturated carbocycles. The fourth-order valence-corrected chi connectivity index (χ4v) is 3.83. The number of hydrogen-bond acceptors (Lipinski definition) is 8. The molecule has 5 rings (SSSR count). The van der Waals surface area contributed by atoms with Crippen LogP contribution in [0.25, 0.3) is 17.1 Å². The lowest BCUT2D eigenvalue weighted by Gasteiger charge is -2.28. The van der Waals surface area contributed by atoms with E-state index in [1.807, 2.05) is 62.0 Å². The van der Waals surface area contributed by atoms with Crippen molar-refractivity contribution in [2.24, 2.45) is 7.05 Å². The summed E-state index contributed by atoms with van der Waals surface area (Å²) >= 11 is 0. The first-order chi connectivity index (χ1) is 16.7. The molecule has 0 amide bonds. The number of rotatable bonds is 8. The van der Waals surface area contributed by atoms with Crippen LogP contribution >= 0.6 is 0 Å². The molecule has 1 aliphatic rings. The SMILES string of the molecule is Cn1cc(CCOc2nc(N3CCOCC3)cc(-n3ccc(-c4cccc(CO)c4)n3)n2)cn1. The predicted molar refractivity (Wildman–Crippen MR) is 126 cm³/mol. The van der Waals surface area contributed by atoms with Gasteiger partial charge in [0.1, 0.15) is 5.82 Å². The second kappa shape index (κ2) is 10.0. The maximum atomic E-state index is 9.45. The number of anilines is 1. The highest BCUT2D eigenvalue weighted by Gasteiger charge is 2.17. The number of aliphatic hydroxyl groups excluding tert-OH is 1. The molecule has 0 aliphatic carbocycles. The molecule has 0 bridgehead atoms. The van der Waals surface area contributed by atoms with E-state index in [-0.39, 0.29) is 6.61 Å². The number of morpholine rings is 1. The molecule has 1 fully saturated rings. The van der Waals surface area contributed by atoms with E-state index in [1.54, 1.807) is 9.36 Å². The van der Waals surface area contributed by atoms with E-state index in [9.17, 15) is 5.11 Å². The third kappa shape index (κ3) is 5.08. The Bertz CT molecular complexity index is 1250. The summed E-state index contributed by atoms with van der Waals surface area (Å²) in [5.41, 5.74) is 3.66. The quantitative estimate of drug-likeness (QED) is 0.425. The first-order valence-corrected chi connectivity index (χ1v) is 11.3. The highest BCUT2D eigenvalue weighted by Crippen LogP contribution is 2.23. The smallest absolute Gasteiger partial charge is 0.320 e. The van der Waals surface area contributed by atoms with Gasteiger partial charge in [0.05, 0.1) is 38.3 Å². The summed E-state index contributed by atoms with van der Waals surface area (Å²) in [6.07, 6.45) is 6.38. The van der Waals surface area contributed by atoms with Crippen LogP contribution in [0.2, 0.25) is 0 Å². The van der Waals surface area contributed by atoms with Crippen molar-refractivity contribution in [3.63, 3.8) is 0 Å². The normalized spacial score (nSPS) is 13.9. The molecule has 10 heteroatoms. The van der Waals surface area contributed by atoms with Crippen LogP contribution < -0.4 is 9.64 Å². The van der Waals surface area contributed by atoms with E-state index in [0.29, 0.717) is 38.1 Å². The maximum Gasteiger partial charge on any atom is 0.320 e. The first-order valence-electron chi connectivity index (χ1n) is 11.3. The first kappa shape index (κ1) is 22.1. The summed E-state index contributed by atoms with van der Waals surface area (Å²) < 4.78 is 14.9. The fraction of sp³-hybridized carbons (Fsp3) is 0.333. The van der Waals surface area contributed by atoms with Crippen LogP contribution in [-0.2, 0) is 24.8 Å². The Morgan fingerprint density at radius 1 is 1.06 bits per heavy atom. The summed E-state index contributed by atoms with van der Waals surface area (Å²) in [6.45, 7) is 3.25. The Balaban J connectivity index is 1.41. The van der Waals surface area contributed by atoms with Crippen molar-refractivity contribution >= 4 is 5.82 Å². The third-order valence-electron chi connectivity index (χ3n) is 5.62. The molecule has 4 aromatic rings. The summed E-state index contributed by atoms with van der Waals surface area (Å²) in [5, 5.41) is 18.4. The highest BCUT2D eigenvalue weighted by molar-refractivity contribution is 5.60. The standard InChI is InChI=1S/C24H27N7O3/c1-29-16-19(15-25-29)6-10-34-24-26-22(30-8-11-33-12-9-30)14-23(27-24)31-7-5-21(28-31)20-4-2-3-18(13-20)17-32/h2-5,7,13-16,32H,6,8-12,17H2,1H3. The average Bonchev–Trinajstić information content (AvgIpc) is 3.54. The van der Waals surface area contributed by atoms with Gasteiger partial charge in [0.25, 0.3) is 0 Å². The minimum atomic E-state index is -0.0108. The summed E-state index contributed by atoms with van der Waals surface area (Å²) in [4.78, 5) is 11.4. The van der Waals surface area contributed by atoms with Crippen LogP contribution in [0.3, 0.4) is 0 Å². The summed E-state index contributed by atoms with van der Waals surface area (Å²) in [5.74, 6) is 1.40. The predicted octanol–water partition coefficient (Wildman–Crippen LogP) is 2.01. The minimum absolute atomic E-state index is 0.0108. The number of hydrogen-bond donors (Lipinski definition) is 1. The van der Waals surface area contributed by atoms with Crippen molar-refractivity contribution in [3.05, 3.63) is 66.1 Å². The van der Waals surface area contributed by atoms with Crippen molar-refractivity contribution in [2.45, 2.75) is 13.0 Å². The zero-order valence-corrected chi connectivity index (χ0v) is 19.0. The van der Waals surface area contributed by atoms with Gasteiger partial charge in [0, 0.05) is 50.6 Å². The summed E-state index contributed by atoms with van der Waals surface area (Å²) in [6, 6.07) is 11.8. The number of nitrogens with zero attached hydrogens (tertiary/aromatic N) is 7. The lowest BCUT2D eigenvalue weighted by Crippen LogP contribution is -2.37. The Hall–Kier alpha value is -3.76. The Morgan fingerprint density at radius 3 is 2.71 bits per heavy atom. The van der Waals surface area contributed by atoms with Gasteiger partial charge >= 0.3 is 6.01 Å². The molecule has 3 aromatic heterocycles. The molecular weight excluding hydrogens is 434 g/mol. The van der Waals surface area contributed by atoms with Gasteiger partial charge in [-0.25, -0.2) is 4.68 Å². The molecule has 0 spiro atoms. The molecule has 10 nitrogen and oxygen atoms in total. The minimum Gasteiger partial charge on any atom is -0.463 e. The third-order valence-corrected chi connectivity index (χ3v) is 5.62. The van der Waals surface area contributed by atoms with Gasteiger partial charge in [0.15, 0.2) is 5.82 Å². The van der Waals surface area contributed by atoms with E-state index in [2.05, 4.69) is 20.0 Å². The van der Waals surface area contributed by atoms with E-state index in [4.69, 9.17) is 14.6 Å². The van der Waals surface area contributed by atoms with E-state index in [1.165, 1.54) is 0 Å². The molecule has 1 saturated heterocycles. The topological polar surface area (TPSA) is 103 Å². The molecule has 176 valence electrons. The second-order valence-electron chi connectivity index (χ2n) is 8.09. The lowest BCUT2D eigenvalue weighted by atomic mass is 10.1. The summed E-state index contributed by atoms with van der Waals surface area (Å²) in [7, 11) is 1.89. The van der Waals surface area contributed by atoms with E-state index < -0.39 is 0 Å². The van der Waals surface area contributed by atoms with Crippen molar-refractivity contribution < 1.29 is 14.6 Å². The molecular formula is C24H27N7O3. The maximum absolute atomic E-state index is 9.45. The van der Waals surface area contributed by atoms with Crippen LogP contribution in [0.5, 0.6) is 6.01 Å². The van der Waals surface area contributed by atoms with Crippen LogP contribution in [-0.4, -0.2) is 67.5 Å². The molecule has 1 aromatic carbocycles. The van der Waals surface area contributed by atoms with Crippen molar-refractivity contribution in [1.29, 1.82) is 0 Å². The Labute approximate surface area is 197 Å². The van der Waals surface area contributed by atoms with E-state index >= 15 is 0 Å². The monoisotopic (exact) mass is 461 g/mol. The molecule has 0 unspecified atom stereocenters. The number of aryl methyl sites for hydroxylation is 1. The van der Waals surface area contributed by atoms with Crippen molar-refractivity contribution in [1.82, 2.24) is 29.5 Å². The zero-order chi connectivity index (χ0) is 23.3. The second-order valence-corrected chi connectivity index (χ2v) is 8.09. The van der Waals surface area contributed by atoms with Crippen LogP contribution in [0.1, 0.15) is 11.1 Å². The van der Waals surface area contributed by atoms with Gasteiger partial charge in [-0.3, -0.25) is 4.68 Å². The highest BCUT2D eigenvalue weighted by atomic mass is 16.5. The zero-order valence-electron chi connectivity index (χ0n) is 19.0. The van der Waals surface area contributed by atoms with Gasteiger partial charge in [0.2, 0.25) is 0 Å². The molecule has 0 radical (unpaired) electrons. The number of ether oxygens (including phenoxy) is 2. The van der Waals surface area contributed by atoms with Crippen LogP contribution in [0.15, 0.2) is 55.0 Å². The molecule has 0 atom stereocenters. The van der Waals surface area contributed by atoms with Crippen molar-refractivity contribution in [2.75, 3.05) is 37.8 Å². The molecule has 34 heavy (non-hydrogen) atoms. The van der Waals surface area contributed by atoms with Crippen molar-refractivity contribution in [3.8, 4) is 23.1 Å².